The Labute approximate surface area is 172 Å². The zero-order chi connectivity index (χ0) is 19.2. The third-order valence-electron chi connectivity index (χ3n) is 3.73. The summed E-state index contributed by atoms with van der Waals surface area (Å²) in [5.41, 5.74) is 3.51. The van der Waals surface area contributed by atoms with Crippen molar-refractivity contribution < 1.29 is 4.39 Å². The molecular formula is C22H16Cl2FNS. The van der Waals surface area contributed by atoms with Crippen LogP contribution < -0.4 is 0 Å². The van der Waals surface area contributed by atoms with Crippen LogP contribution in [0.3, 0.4) is 0 Å². The van der Waals surface area contributed by atoms with Gasteiger partial charge in [-0.05, 0) is 73.0 Å². The molecule has 1 nitrogen and oxygen atoms in total. The van der Waals surface area contributed by atoms with Gasteiger partial charge < -0.3 is 0 Å². The third-order valence-corrected chi connectivity index (χ3v) is 5.10. The Balaban J connectivity index is 1.92. The van der Waals surface area contributed by atoms with E-state index in [9.17, 15) is 4.39 Å². The van der Waals surface area contributed by atoms with E-state index in [0.29, 0.717) is 10.0 Å². The molecule has 136 valence electrons. The SMILES string of the molecule is Cc1ccc(/N=C(/C=C/Sc2ccc(F)cc2)c2ccc(Cl)cc2Cl)cc1. The van der Waals surface area contributed by atoms with Crippen molar-refractivity contribution in [2.45, 2.75) is 11.8 Å². The molecule has 0 aliphatic heterocycles. The van der Waals surface area contributed by atoms with E-state index in [4.69, 9.17) is 28.2 Å². The number of benzene rings is 3. The topological polar surface area (TPSA) is 12.4 Å². The van der Waals surface area contributed by atoms with Crippen LogP contribution in [0, 0.1) is 12.7 Å². The molecule has 0 aliphatic rings. The molecule has 0 bridgehead atoms. The summed E-state index contributed by atoms with van der Waals surface area (Å²) in [6, 6.07) is 19.6. The second-order valence-electron chi connectivity index (χ2n) is 5.83. The minimum atomic E-state index is -0.252. The van der Waals surface area contributed by atoms with Gasteiger partial charge in [0, 0.05) is 15.5 Å². The predicted octanol–water partition coefficient (Wildman–Crippen LogP) is 7.87. The van der Waals surface area contributed by atoms with E-state index in [1.54, 1.807) is 24.3 Å². The van der Waals surface area contributed by atoms with Crippen molar-refractivity contribution in [1.29, 1.82) is 0 Å². The molecule has 3 aromatic carbocycles. The van der Waals surface area contributed by atoms with Crippen molar-refractivity contribution in [3.8, 4) is 0 Å². The minimum absolute atomic E-state index is 0.252. The highest BCUT2D eigenvalue weighted by Gasteiger charge is 2.07. The highest BCUT2D eigenvalue weighted by molar-refractivity contribution is 8.02. The summed E-state index contributed by atoms with van der Waals surface area (Å²) in [4.78, 5) is 5.67. The van der Waals surface area contributed by atoms with Gasteiger partial charge in [0.25, 0.3) is 0 Å². The van der Waals surface area contributed by atoms with Gasteiger partial charge in [-0.25, -0.2) is 9.38 Å². The number of hydrogen-bond acceptors (Lipinski definition) is 2. The first kappa shape index (κ1) is 19.7. The Hall–Kier alpha value is -2.07. The fraction of sp³-hybridized carbons (Fsp3) is 0.0455. The lowest BCUT2D eigenvalue weighted by atomic mass is 10.1. The van der Waals surface area contributed by atoms with Gasteiger partial charge >= 0.3 is 0 Å². The molecule has 0 saturated heterocycles. The fourth-order valence-corrected chi connectivity index (χ4v) is 3.49. The molecule has 0 aromatic heterocycles. The first-order valence-electron chi connectivity index (χ1n) is 8.21. The highest BCUT2D eigenvalue weighted by Crippen LogP contribution is 2.26. The van der Waals surface area contributed by atoms with E-state index >= 15 is 0 Å². The molecule has 0 atom stereocenters. The van der Waals surface area contributed by atoms with Gasteiger partial charge in [0.2, 0.25) is 0 Å². The molecule has 0 fully saturated rings. The Morgan fingerprint density at radius 3 is 2.33 bits per heavy atom. The number of aryl methyl sites for hydroxylation is 1. The molecule has 0 spiro atoms. The van der Waals surface area contributed by atoms with Crippen LogP contribution in [0.1, 0.15) is 11.1 Å². The lowest BCUT2D eigenvalue weighted by molar-refractivity contribution is 0.626. The molecule has 0 saturated carbocycles. The summed E-state index contributed by atoms with van der Waals surface area (Å²) >= 11 is 13.9. The third kappa shape index (κ3) is 5.70. The standard InChI is InChI=1S/C22H16Cl2FNS/c1-15-2-7-18(8-3-15)26-22(20-11-4-16(23)14-21(20)24)12-13-27-19-9-5-17(25)6-10-19/h2-14H,1H3/b13-12+,26-22-. The van der Waals surface area contributed by atoms with E-state index < -0.39 is 0 Å². The Bertz CT molecular complexity index is 980. The number of thioether (sulfide) groups is 1. The average Bonchev–Trinajstić information content (AvgIpc) is 2.64. The first-order chi connectivity index (χ1) is 13.0. The molecule has 0 N–H and O–H groups in total. The summed E-state index contributed by atoms with van der Waals surface area (Å²) in [6.07, 6.45) is 1.89. The van der Waals surface area contributed by atoms with Gasteiger partial charge in [-0.1, -0.05) is 52.7 Å². The van der Waals surface area contributed by atoms with Crippen LogP contribution in [0.25, 0.3) is 0 Å². The smallest absolute Gasteiger partial charge is 0.123 e. The largest absolute Gasteiger partial charge is 0.248 e. The van der Waals surface area contributed by atoms with E-state index in [-0.39, 0.29) is 5.82 Å². The van der Waals surface area contributed by atoms with Gasteiger partial charge in [-0.15, -0.1) is 0 Å². The molecule has 0 unspecified atom stereocenters. The van der Waals surface area contributed by atoms with Crippen LogP contribution in [0.4, 0.5) is 10.1 Å². The maximum absolute atomic E-state index is 13.0. The predicted molar refractivity (Wildman–Crippen MR) is 115 cm³/mol. The minimum Gasteiger partial charge on any atom is -0.248 e. The van der Waals surface area contributed by atoms with E-state index in [2.05, 4.69) is 0 Å². The molecule has 0 aliphatic carbocycles. The molecule has 5 heteroatoms. The lowest BCUT2D eigenvalue weighted by Crippen LogP contribution is -1.97. The van der Waals surface area contributed by atoms with Crippen molar-refractivity contribution in [1.82, 2.24) is 0 Å². The van der Waals surface area contributed by atoms with E-state index in [1.807, 2.05) is 48.7 Å². The molecule has 3 aromatic rings. The number of nitrogens with zero attached hydrogens (tertiary/aromatic N) is 1. The summed E-state index contributed by atoms with van der Waals surface area (Å²) in [7, 11) is 0. The van der Waals surface area contributed by atoms with E-state index in [0.717, 1.165) is 21.9 Å². The quantitative estimate of drug-likeness (QED) is 0.305. The van der Waals surface area contributed by atoms with Crippen LogP contribution in [0.2, 0.25) is 10.0 Å². The maximum Gasteiger partial charge on any atom is 0.123 e. The van der Waals surface area contributed by atoms with Crippen molar-refractivity contribution >= 4 is 46.4 Å². The summed E-state index contributed by atoms with van der Waals surface area (Å²) in [6.45, 7) is 2.03. The normalized spacial score (nSPS) is 11.9. The van der Waals surface area contributed by atoms with Crippen LogP contribution in [-0.2, 0) is 0 Å². The second-order valence-corrected chi connectivity index (χ2v) is 7.65. The number of rotatable bonds is 5. The van der Waals surface area contributed by atoms with Crippen molar-refractivity contribution in [2.24, 2.45) is 4.99 Å². The summed E-state index contributed by atoms with van der Waals surface area (Å²) < 4.78 is 13.0. The van der Waals surface area contributed by atoms with Crippen molar-refractivity contribution in [2.75, 3.05) is 0 Å². The monoisotopic (exact) mass is 415 g/mol. The molecule has 0 amide bonds. The molecule has 0 heterocycles. The van der Waals surface area contributed by atoms with Crippen LogP contribution in [-0.4, -0.2) is 5.71 Å². The number of aliphatic imine (C=N–C) groups is 1. The van der Waals surface area contributed by atoms with Gasteiger partial charge in [0.15, 0.2) is 0 Å². The Morgan fingerprint density at radius 2 is 1.67 bits per heavy atom. The zero-order valence-corrected chi connectivity index (χ0v) is 16.8. The lowest BCUT2D eigenvalue weighted by Gasteiger charge is -2.06. The average molecular weight is 416 g/mol. The van der Waals surface area contributed by atoms with Crippen LogP contribution >= 0.6 is 35.0 Å². The maximum atomic E-state index is 13.0. The van der Waals surface area contributed by atoms with Gasteiger partial charge in [0.1, 0.15) is 5.82 Å². The number of hydrogen-bond donors (Lipinski definition) is 0. The molecular weight excluding hydrogens is 400 g/mol. The van der Waals surface area contributed by atoms with Gasteiger partial charge in [-0.2, -0.15) is 0 Å². The zero-order valence-electron chi connectivity index (χ0n) is 14.5. The highest BCUT2D eigenvalue weighted by atomic mass is 35.5. The van der Waals surface area contributed by atoms with Crippen LogP contribution in [0.5, 0.6) is 0 Å². The summed E-state index contributed by atoms with van der Waals surface area (Å²) in [5.74, 6) is -0.252. The fourth-order valence-electron chi connectivity index (χ4n) is 2.33. The van der Waals surface area contributed by atoms with Crippen LogP contribution in [0.15, 0.2) is 88.1 Å². The Kier molecular flexibility index (Phi) is 6.73. The van der Waals surface area contributed by atoms with Gasteiger partial charge in [0.05, 0.1) is 16.4 Å². The molecule has 0 radical (unpaired) electrons. The van der Waals surface area contributed by atoms with E-state index in [1.165, 1.54) is 29.5 Å². The second kappa shape index (κ2) is 9.23. The number of halogens is 3. The van der Waals surface area contributed by atoms with Crippen molar-refractivity contribution in [3.63, 3.8) is 0 Å². The molecule has 3 rings (SSSR count). The molecule has 27 heavy (non-hydrogen) atoms. The first-order valence-corrected chi connectivity index (χ1v) is 9.84. The number of allylic oxidation sites excluding steroid dienone is 1. The van der Waals surface area contributed by atoms with Gasteiger partial charge in [-0.3, -0.25) is 0 Å². The summed E-state index contributed by atoms with van der Waals surface area (Å²) in [5, 5.41) is 3.01. The Morgan fingerprint density at radius 1 is 0.963 bits per heavy atom. The van der Waals surface area contributed by atoms with Crippen molar-refractivity contribution in [3.05, 3.63) is 105 Å².